The summed E-state index contributed by atoms with van der Waals surface area (Å²) in [4.78, 5) is 4.50. The van der Waals surface area contributed by atoms with Crippen LogP contribution in [0.15, 0.2) is 4.99 Å². The third kappa shape index (κ3) is 9.97. The summed E-state index contributed by atoms with van der Waals surface area (Å²) >= 11 is 0. The molecule has 0 aliphatic carbocycles. The zero-order valence-electron chi connectivity index (χ0n) is 14.2. The Bertz CT molecular complexity index is 282. The maximum atomic E-state index is 5.76. The van der Waals surface area contributed by atoms with Crippen molar-refractivity contribution in [2.75, 3.05) is 59.8 Å². The molecule has 0 aromatic rings. The van der Waals surface area contributed by atoms with Gasteiger partial charge in [-0.2, -0.15) is 0 Å². The summed E-state index contributed by atoms with van der Waals surface area (Å²) in [6.45, 7) is 8.81. The Morgan fingerprint density at radius 2 is 2.00 bits per heavy atom. The third-order valence-electron chi connectivity index (χ3n) is 3.57. The van der Waals surface area contributed by atoms with Gasteiger partial charge in [-0.25, -0.2) is 0 Å². The van der Waals surface area contributed by atoms with Crippen LogP contribution in [-0.4, -0.2) is 65.7 Å². The van der Waals surface area contributed by atoms with Crippen LogP contribution in [0.3, 0.4) is 0 Å². The average Bonchev–Trinajstić information content (AvgIpc) is 2.55. The van der Waals surface area contributed by atoms with Gasteiger partial charge in [-0.3, -0.25) is 4.99 Å². The first-order valence-corrected chi connectivity index (χ1v) is 8.53. The Morgan fingerprint density at radius 3 is 2.73 bits per heavy atom. The van der Waals surface area contributed by atoms with E-state index in [1.165, 1.54) is 0 Å². The summed E-state index contributed by atoms with van der Waals surface area (Å²) in [5, 5.41) is 6.58. The SMILES string of the molecule is CCNC(=NCCCOC)NCCCOCC1CCOCC1. The maximum absolute atomic E-state index is 5.76. The number of nitrogens with one attached hydrogen (secondary N) is 2. The number of guanidine groups is 1. The molecule has 0 unspecified atom stereocenters. The Kier molecular flexibility index (Phi) is 12.0. The van der Waals surface area contributed by atoms with E-state index >= 15 is 0 Å². The number of aliphatic imine (C=N–C) groups is 1. The van der Waals surface area contributed by atoms with Gasteiger partial charge in [0.1, 0.15) is 0 Å². The molecule has 0 aromatic carbocycles. The quantitative estimate of drug-likeness (QED) is 0.343. The lowest BCUT2D eigenvalue weighted by Gasteiger charge is -2.21. The monoisotopic (exact) mass is 315 g/mol. The van der Waals surface area contributed by atoms with Crippen LogP contribution in [0.5, 0.6) is 0 Å². The fourth-order valence-electron chi connectivity index (χ4n) is 2.29. The topological polar surface area (TPSA) is 64.1 Å². The van der Waals surface area contributed by atoms with Crippen LogP contribution in [0.25, 0.3) is 0 Å². The number of rotatable bonds is 11. The van der Waals surface area contributed by atoms with Gasteiger partial charge in [-0.05, 0) is 38.5 Å². The van der Waals surface area contributed by atoms with Crippen molar-refractivity contribution in [3.05, 3.63) is 0 Å². The molecule has 0 amide bonds. The molecular weight excluding hydrogens is 282 g/mol. The van der Waals surface area contributed by atoms with Crippen LogP contribution in [0.4, 0.5) is 0 Å². The highest BCUT2D eigenvalue weighted by Gasteiger charge is 2.13. The smallest absolute Gasteiger partial charge is 0.191 e. The lowest BCUT2D eigenvalue weighted by molar-refractivity contribution is 0.0203. The predicted octanol–water partition coefficient (Wildman–Crippen LogP) is 1.41. The van der Waals surface area contributed by atoms with Gasteiger partial charge >= 0.3 is 0 Å². The van der Waals surface area contributed by atoms with Crippen molar-refractivity contribution in [1.82, 2.24) is 10.6 Å². The summed E-state index contributed by atoms with van der Waals surface area (Å²) in [5.74, 6) is 1.56. The summed E-state index contributed by atoms with van der Waals surface area (Å²) < 4.78 is 16.1. The number of hydrogen-bond acceptors (Lipinski definition) is 4. The maximum Gasteiger partial charge on any atom is 0.191 e. The van der Waals surface area contributed by atoms with Crippen molar-refractivity contribution in [3.63, 3.8) is 0 Å². The van der Waals surface area contributed by atoms with Gasteiger partial charge in [-0.1, -0.05) is 0 Å². The molecule has 130 valence electrons. The first kappa shape index (κ1) is 19.2. The van der Waals surface area contributed by atoms with E-state index in [-0.39, 0.29) is 0 Å². The van der Waals surface area contributed by atoms with E-state index in [2.05, 4.69) is 22.5 Å². The summed E-state index contributed by atoms with van der Waals surface area (Å²) in [5.41, 5.74) is 0. The highest BCUT2D eigenvalue weighted by Crippen LogP contribution is 2.14. The molecule has 1 aliphatic rings. The Labute approximate surface area is 135 Å². The Balaban J connectivity index is 2.01. The Morgan fingerprint density at radius 1 is 1.18 bits per heavy atom. The molecule has 0 bridgehead atoms. The van der Waals surface area contributed by atoms with Crippen molar-refractivity contribution < 1.29 is 14.2 Å². The number of ether oxygens (including phenoxy) is 3. The molecule has 6 heteroatoms. The van der Waals surface area contributed by atoms with Crippen molar-refractivity contribution in [2.24, 2.45) is 10.9 Å². The van der Waals surface area contributed by atoms with Crippen molar-refractivity contribution >= 4 is 5.96 Å². The third-order valence-corrected chi connectivity index (χ3v) is 3.57. The fraction of sp³-hybridized carbons (Fsp3) is 0.938. The molecule has 0 atom stereocenters. The molecule has 0 saturated carbocycles. The average molecular weight is 315 g/mol. The van der Waals surface area contributed by atoms with Gasteiger partial charge < -0.3 is 24.8 Å². The van der Waals surface area contributed by atoms with E-state index in [0.29, 0.717) is 5.92 Å². The van der Waals surface area contributed by atoms with Gasteiger partial charge in [0.15, 0.2) is 5.96 Å². The zero-order valence-corrected chi connectivity index (χ0v) is 14.2. The summed E-state index contributed by atoms with van der Waals surface area (Å²) in [6.07, 6.45) is 4.21. The lowest BCUT2D eigenvalue weighted by Crippen LogP contribution is -2.38. The Hall–Kier alpha value is -0.850. The first-order chi connectivity index (χ1) is 10.9. The molecule has 1 fully saturated rings. The van der Waals surface area contributed by atoms with Crippen molar-refractivity contribution in [2.45, 2.75) is 32.6 Å². The number of methoxy groups -OCH3 is 1. The molecule has 1 heterocycles. The van der Waals surface area contributed by atoms with Crippen LogP contribution in [0.1, 0.15) is 32.6 Å². The molecule has 0 radical (unpaired) electrons. The molecular formula is C16H33N3O3. The fourth-order valence-corrected chi connectivity index (χ4v) is 2.29. The molecule has 1 saturated heterocycles. The number of hydrogen-bond donors (Lipinski definition) is 2. The van der Waals surface area contributed by atoms with E-state index < -0.39 is 0 Å². The minimum atomic E-state index is 0.682. The highest BCUT2D eigenvalue weighted by molar-refractivity contribution is 5.79. The van der Waals surface area contributed by atoms with E-state index in [9.17, 15) is 0 Å². The molecule has 0 spiro atoms. The molecule has 2 N–H and O–H groups in total. The zero-order chi connectivity index (χ0) is 15.9. The second kappa shape index (κ2) is 13.8. The highest BCUT2D eigenvalue weighted by atomic mass is 16.5. The van der Waals surface area contributed by atoms with Crippen LogP contribution < -0.4 is 10.6 Å². The van der Waals surface area contributed by atoms with Crippen LogP contribution in [0.2, 0.25) is 0 Å². The normalized spacial score (nSPS) is 16.7. The van der Waals surface area contributed by atoms with E-state index in [1.54, 1.807) is 7.11 Å². The van der Waals surface area contributed by atoms with Gasteiger partial charge in [0.05, 0.1) is 0 Å². The molecule has 22 heavy (non-hydrogen) atoms. The largest absolute Gasteiger partial charge is 0.385 e. The van der Waals surface area contributed by atoms with E-state index in [0.717, 1.165) is 84.3 Å². The second-order valence-electron chi connectivity index (χ2n) is 5.52. The number of nitrogens with zero attached hydrogens (tertiary/aromatic N) is 1. The molecule has 6 nitrogen and oxygen atoms in total. The minimum Gasteiger partial charge on any atom is -0.385 e. The molecule has 1 aliphatic heterocycles. The minimum absolute atomic E-state index is 0.682. The van der Waals surface area contributed by atoms with Gasteiger partial charge in [-0.15, -0.1) is 0 Å². The van der Waals surface area contributed by atoms with Crippen LogP contribution >= 0.6 is 0 Å². The first-order valence-electron chi connectivity index (χ1n) is 8.53. The van der Waals surface area contributed by atoms with Gasteiger partial charge in [0.2, 0.25) is 0 Å². The predicted molar refractivity (Wildman–Crippen MR) is 89.5 cm³/mol. The standard InChI is InChI=1S/C16H33N3O3/c1-3-17-16(18-8-4-10-20-2)19-9-5-11-22-14-15-6-12-21-13-7-15/h15H,3-14H2,1-2H3,(H2,17,18,19). The van der Waals surface area contributed by atoms with Gasteiger partial charge in [0.25, 0.3) is 0 Å². The lowest BCUT2D eigenvalue weighted by atomic mass is 10.0. The molecule has 1 rings (SSSR count). The van der Waals surface area contributed by atoms with Crippen molar-refractivity contribution in [1.29, 1.82) is 0 Å². The van der Waals surface area contributed by atoms with Crippen LogP contribution in [-0.2, 0) is 14.2 Å². The van der Waals surface area contributed by atoms with Gasteiger partial charge in [0, 0.05) is 59.8 Å². The van der Waals surface area contributed by atoms with E-state index in [4.69, 9.17) is 14.2 Å². The molecule has 0 aromatic heterocycles. The second-order valence-corrected chi connectivity index (χ2v) is 5.52. The van der Waals surface area contributed by atoms with Crippen molar-refractivity contribution in [3.8, 4) is 0 Å². The van der Waals surface area contributed by atoms with E-state index in [1.807, 2.05) is 0 Å². The summed E-state index contributed by atoms with van der Waals surface area (Å²) in [6, 6.07) is 0. The van der Waals surface area contributed by atoms with Crippen LogP contribution in [0, 0.1) is 5.92 Å². The summed E-state index contributed by atoms with van der Waals surface area (Å²) in [7, 11) is 1.72.